The van der Waals surface area contributed by atoms with Crippen molar-refractivity contribution in [3.63, 3.8) is 0 Å². The maximum Gasteiger partial charge on any atom is 0.416 e. The summed E-state index contributed by atoms with van der Waals surface area (Å²) in [4.78, 5) is 0. The number of thiocarbonyl (C=S) groups is 1. The molecule has 0 atom stereocenters. The normalized spacial score (nSPS) is 11.3. The molecule has 2 nitrogen and oxygen atoms in total. The zero-order valence-corrected chi connectivity index (χ0v) is 9.10. The van der Waals surface area contributed by atoms with E-state index in [0.717, 1.165) is 0 Å². The van der Waals surface area contributed by atoms with Gasteiger partial charge in [-0.15, -0.1) is 0 Å². The van der Waals surface area contributed by atoms with Crippen molar-refractivity contribution in [3.8, 4) is 0 Å². The van der Waals surface area contributed by atoms with Crippen LogP contribution in [0.2, 0.25) is 5.02 Å². The van der Waals surface area contributed by atoms with Crippen LogP contribution in [0.3, 0.4) is 0 Å². The van der Waals surface area contributed by atoms with Crippen LogP contribution in [0.15, 0.2) is 12.1 Å². The first-order valence-corrected chi connectivity index (χ1v) is 4.63. The van der Waals surface area contributed by atoms with Gasteiger partial charge in [0.05, 0.1) is 16.3 Å². The van der Waals surface area contributed by atoms with Gasteiger partial charge in [-0.05, 0) is 24.4 Å². The Kier molecular flexibility index (Phi) is 3.59. The van der Waals surface area contributed by atoms with E-state index < -0.39 is 28.3 Å². The number of rotatable bonds is 1. The third-order valence-corrected chi connectivity index (χ3v) is 1.99. The van der Waals surface area contributed by atoms with Gasteiger partial charge in [-0.3, -0.25) is 0 Å². The van der Waals surface area contributed by atoms with Crippen molar-refractivity contribution in [1.29, 1.82) is 0 Å². The van der Waals surface area contributed by atoms with Crippen LogP contribution in [0, 0.1) is 5.82 Å². The Morgan fingerprint density at radius 3 is 2.38 bits per heavy atom. The summed E-state index contributed by atoms with van der Waals surface area (Å²) in [6.45, 7) is 0. The standard InChI is InChI=1S/C8H5ClF4N2S/c9-4-1-3(8(11,12)13)2-5(6(4)10)15-7(14)16/h1-2H,(H3,14,15,16). The molecule has 8 heteroatoms. The summed E-state index contributed by atoms with van der Waals surface area (Å²) < 4.78 is 50.3. The SMILES string of the molecule is NC(=S)Nc1cc(C(F)(F)F)cc(Cl)c1F. The minimum atomic E-state index is -4.62. The minimum absolute atomic E-state index is 0.353. The average molecular weight is 273 g/mol. The van der Waals surface area contributed by atoms with Gasteiger partial charge in [0, 0.05) is 0 Å². The van der Waals surface area contributed by atoms with E-state index in [2.05, 4.69) is 17.5 Å². The maximum atomic E-state index is 13.3. The zero-order valence-electron chi connectivity index (χ0n) is 7.53. The Morgan fingerprint density at radius 1 is 1.38 bits per heavy atom. The summed E-state index contributed by atoms with van der Waals surface area (Å²) in [6.07, 6.45) is -4.62. The van der Waals surface area contributed by atoms with Crippen molar-refractivity contribution >= 4 is 34.6 Å². The van der Waals surface area contributed by atoms with Crippen LogP contribution in [0.1, 0.15) is 5.56 Å². The number of hydrogen-bond donors (Lipinski definition) is 2. The zero-order chi connectivity index (χ0) is 12.5. The molecule has 16 heavy (non-hydrogen) atoms. The summed E-state index contributed by atoms with van der Waals surface area (Å²) >= 11 is 9.70. The van der Waals surface area contributed by atoms with Gasteiger partial charge in [-0.25, -0.2) is 4.39 Å². The summed E-state index contributed by atoms with van der Waals surface area (Å²) in [5, 5.41) is 1.06. The first-order chi connectivity index (χ1) is 7.21. The number of alkyl halides is 3. The van der Waals surface area contributed by atoms with E-state index >= 15 is 0 Å². The topological polar surface area (TPSA) is 38.0 Å². The number of anilines is 1. The fraction of sp³-hybridized carbons (Fsp3) is 0.125. The van der Waals surface area contributed by atoms with E-state index in [1.54, 1.807) is 0 Å². The second-order valence-electron chi connectivity index (χ2n) is 2.81. The van der Waals surface area contributed by atoms with Crippen LogP contribution in [0.5, 0.6) is 0 Å². The van der Waals surface area contributed by atoms with Crippen LogP contribution < -0.4 is 11.1 Å². The number of nitrogens with two attached hydrogens (primary N) is 1. The van der Waals surface area contributed by atoms with Gasteiger partial charge in [-0.1, -0.05) is 11.6 Å². The van der Waals surface area contributed by atoms with E-state index in [1.807, 2.05) is 0 Å². The highest BCUT2D eigenvalue weighted by molar-refractivity contribution is 7.80. The van der Waals surface area contributed by atoms with Gasteiger partial charge < -0.3 is 11.1 Å². The van der Waals surface area contributed by atoms with E-state index in [-0.39, 0.29) is 5.11 Å². The lowest BCUT2D eigenvalue weighted by Gasteiger charge is -2.11. The molecule has 0 bridgehead atoms. The molecule has 0 saturated carbocycles. The lowest BCUT2D eigenvalue weighted by atomic mass is 10.2. The molecule has 1 aromatic carbocycles. The lowest BCUT2D eigenvalue weighted by Crippen LogP contribution is -2.20. The molecular formula is C8H5ClF4N2S. The Hall–Kier alpha value is -1.08. The summed E-state index contributed by atoms with van der Waals surface area (Å²) in [5.41, 5.74) is 3.44. The van der Waals surface area contributed by atoms with Crippen molar-refractivity contribution in [3.05, 3.63) is 28.5 Å². The second-order valence-corrected chi connectivity index (χ2v) is 3.65. The molecule has 0 unspecified atom stereocenters. The van der Waals surface area contributed by atoms with Crippen LogP contribution in [0.4, 0.5) is 23.2 Å². The first-order valence-electron chi connectivity index (χ1n) is 3.84. The highest BCUT2D eigenvalue weighted by atomic mass is 35.5. The predicted molar refractivity (Wildman–Crippen MR) is 56.8 cm³/mol. The van der Waals surface area contributed by atoms with Gasteiger partial charge >= 0.3 is 6.18 Å². The molecule has 0 radical (unpaired) electrons. The van der Waals surface area contributed by atoms with E-state index in [4.69, 9.17) is 17.3 Å². The van der Waals surface area contributed by atoms with Crippen molar-refractivity contribution in [2.24, 2.45) is 5.73 Å². The molecule has 3 N–H and O–H groups in total. The van der Waals surface area contributed by atoms with E-state index in [1.165, 1.54) is 0 Å². The average Bonchev–Trinajstić information content (AvgIpc) is 2.10. The van der Waals surface area contributed by atoms with Gasteiger partial charge in [0.2, 0.25) is 0 Å². The molecule has 0 aliphatic heterocycles. The Morgan fingerprint density at radius 2 is 1.94 bits per heavy atom. The molecule has 0 aliphatic carbocycles. The van der Waals surface area contributed by atoms with Crippen LogP contribution >= 0.6 is 23.8 Å². The number of halogens is 5. The third-order valence-electron chi connectivity index (χ3n) is 1.61. The highest BCUT2D eigenvalue weighted by Gasteiger charge is 2.32. The van der Waals surface area contributed by atoms with Gasteiger partial charge in [0.1, 0.15) is 0 Å². The Balaban J connectivity index is 3.27. The molecule has 1 aromatic rings. The number of hydrogen-bond acceptors (Lipinski definition) is 1. The Labute approximate surface area is 98.4 Å². The molecule has 88 valence electrons. The quantitative estimate of drug-likeness (QED) is 0.609. The van der Waals surface area contributed by atoms with Crippen LogP contribution in [-0.2, 0) is 6.18 Å². The lowest BCUT2D eigenvalue weighted by molar-refractivity contribution is -0.137. The van der Waals surface area contributed by atoms with E-state index in [0.29, 0.717) is 12.1 Å². The molecule has 0 aliphatic rings. The van der Waals surface area contributed by atoms with Gasteiger partial charge in [0.25, 0.3) is 0 Å². The monoisotopic (exact) mass is 272 g/mol. The molecule has 0 heterocycles. The summed E-state index contributed by atoms with van der Waals surface area (Å²) in [6, 6.07) is 1.03. The second kappa shape index (κ2) is 4.42. The molecule has 0 amide bonds. The third kappa shape index (κ3) is 2.96. The van der Waals surface area contributed by atoms with Crippen molar-refractivity contribution in [2.75, 3.05) is 5.32 Å². The van der Waals surface area contributed by atoms with Crippen molar-refractivity contribution in [1.82, 2.24) is 0 Å². The van der Waals surface area contributed by atoms with Gasteiger partial charge in [0.15, 0.2) is 10.9 Å². The van der Waals surface area contributed by atoms with Crippen LogP contribution in [-0.4, -0.2) is 5.11 Å². The molecule has 0 spiro atoms. The van der Waals surface area contributed by atoms with Gasteiger partial charge in [-0.2, -0.15) is 13.2 Å². The highest BCUT2D eigenvalue weighted by Crippen LogP contribution is 2.35. The number of nitrogens with one attached hydrogen (secondary N) is 1. The molecule has 1 rings (SSSR count). The summed E-state index contributed by atoms with van der Waals surface area (Å²) in [7, 11) is 0. The molecular weight excluding hydrogens is 268 g/mol. The molecule has 0 saturated heterocycles. The molecule has 0 aromatic heterocycles. The Bertz CT molecular complexity index is 433. The minimum Gasteiger partial charge on any atom is -0.376 e. The maximum absolute atomic E-state index is 13.3. The summed E-state index contributed by atoms with van der Waals surface area (Å²) in [5.74, 6) is -1.04. The fourth-order valence-corrected chi connectivity index (χ4v) is 1.31. The van der Waals surface area contributed by atoms with Crippen molar-refractivity contribution in [2.45, 2.75) is 6.18 Å². The number of benzene rings is 1. The van der Waals surface area contributed by atoms with Crippen LogP contribution in [0.25, 0.3) is 0 Å². The first kappa shape index (κ1) is 13.0. The molecule has 0 fully saturated rings. The van der Waals surface area contributed by atoms with E-state index in [9.17, 15) is 17.6 Å². The van der Waals surface area contributed by atoms with Crippen molar-refractivity contribution < 1.29 is 17.6 Å². The largest absolute Gasteiger partial charge is 0.416 e. The smallest absolute Gasteiger partial charge is 0.376 e. The predicted octanol–water partition coefficient (Wildman–Crippen LogP) is 3.15. The fourth-order valence-electron chi connectivity index (χ4n) is 0.976.